The highest BCUT2D eigenvalue weighted by Crippen LogP contribution is 2.39. The molecule has 1 N–H and O–H groups in total. The van der Waals surface area contributed by atoms with E-state index in [0.29, 0.717) is 5.41 Å². The Kier molecular flexibility index (Phi) is 5.86. The van der Waals surface area contributed by atoms with Crippen LogP contribution in [0.2, 0.25) is 0 Å². The second-order valence-electron chi connectivity index (χ2n) is 5.52. The maximum absolute atomic E-state index is 5.12. The number of nitrogens with one attached hydrogen (secondary N) is 1. The summed E-state index contributed by atoms with van der Waals surface area (Å²) in [7, 11) is 1.76. The van der Waals surface area contributed by atoms with Gasteiger partial charge < -0.3 is 10.1 Å². The van der Waals surface area contributed by atoms with Crippen molar-refractivity contribution in [3.05, 3.63) is 34.3 Å². The van der Waals surface area contributed by atoms with Crippen LogP contribution in [-0.4, -0.2) is 26.8 Å². The number of rotatable bonds is 6. The van der Waals surface area contributed by atoms with Crippen LogP contribution in [0.25, 0.3) is 0 Å². The van der Waals surface area contributed by atoms with E-state index in [1.165, 1.54) is 37.7 Å². The summed E-state index contributed by atoms with van der Waals surface area (Å²) in [5, 5.41) is 3.57. The molecule has 1 fully saturated rings. The first-order valence-electron chi connectivity index (χ1n) is 7.23. The van der Waals surface area contributed by atoms with Crippen molar-refractivity contribution in [3.63, 3.8) is 0 Å². The molecule has 0 aromatic heterocycles. The van der Waals surface area contributed by atoms with E-state index in [9.17, 15) is 0 Å². The van der Waals surface area contributed by atoms with Crippen molar-refractivity contribution >= 4 is 15.9 Å². The van der Waals surface area contributed by atoms with Crippen LogP contribution >= 0.6 is 15.9 Å². The maximum Gasteiger partial charge on any atom is 0.0587 e. The van der Waals surface area contributed by atoms with E-state index in [1.807, 2.05) is 0 Å². The molecule has 0 radical (unpaired) electrons. The highest BCUT2D eigenvalue weighted by Gasteiger charge is 2.33. The molecule has 2 nitrogen and oxygen atoms in total. The van der Waals surface area contributed by atoms with Crippen molar-refractivity contribution in [1.82, 2.24) is 5.32 Å². The molecule has 0 saturated heterocycles. The molecule has 1 aromatic rings. The quantitative estimate of drug-likeness (QED) is 0.801. The Balaban J connectivity index is 2.07. The summed E-state index contributed by atoms with van der Waals surface area (Å²) >= 11 is 3.53. The van der Waals surface area contributed by atoms with Crippen LogP contribution in [0.4, 0.5) is 0 Å². The van der Waals surface area contributed by atoms with Crippen LogP contribution in [0.3, 0.4) is 0 Å². The van der Waals surface area contributed by atoms with Gasteiger partial charge >= 0.3 is 0 Å². The second kappa shape index (κ2) is 7.41. The van der Waals surface area contributed by atoms with Crippen LogP contribution < -0.4 is 5.32 Å². The van der Waals surface area contributed by atoms with Crippen molar-refractivity contribution in [2.45, 2.75) is 37.5 Å². The lowest BCUT2D eigenvalue weighted by molar-refractivity contribution is 0.192. The molecule has 0 spiro atoms. The fourth-order valence-corrected chi connectivity index (χ4v) is 3.37. The van der Waals surface area contributed by atoms with Gasteiger partial charge in [0.25, 0.3) is 0 Å². The zero-order chi connectivity index (χ0) is 13.6. The van der Waals surface area contributed by atoms with Gasteiger partial charge in [0, 0.05) is 30.1 Å². The molecule has 0 unspecified atom stereocenters. The SMILES string of the molecule is COCCNCC1(c2ccc(Br)cc2)CCCCC1. The van der Waals surface area contributed by atoms with E-state index < -0.39 is 0 Å². The third-order valence-electron chi connectivity index (χ3n) is 4.21. The summed E-state index contributed by atoms with van der Waals surface area (Å²) in [5.41, 5.74) is 1.81. The first-order chi connectivity index (χ1) is 9.27. The van der Waals surface area contributed by atoms with Gasteiger partial charge in [-0.25, -0.2) is 0 Å². The average Bonchev–Trinajstić information content (AvgIpc) is 2.45. The normalized spacial score (nSPS) is 18.4. The third-order valence-corrected chi connectivity index (χ3v) is 4.74. The van der Waals surface area contributed by atoms with Gasteiger partial charge in [0.1, 0.15) is 0 Å². The third kappa shape index (κ3) is 4.04. The summed E-state index contributed by atoms with van der Waals surface area (Å²) < 4.78 is 6.28. The molecule has 2 rings (SSSR count). The van der Waals surface area contributed by atoms with Gasteiger partial charge in [-0.3, -0.25) is 0 Å². The van der Waals surface area contributed by atoms with E-state index in [4.69, 9.17) is 4.74 Å². The molecule has 1 aliphatic rings. The monoisotopic (exact) mass is 325 g/mol. The van der Waals surface area contributed by atoms with Crippen LogP contribution in [0, 0.1) is 0 Å². The first kappa shape index (κ1) is 15.0. The van der Waals surface area contributed by atoms with Gasteiger partial charge in [-0.1, -0.05) is 47.3 Å². The molecule has 0 bridgehead atoms. The number of benzene rings is 1. The highest BCUT2D eigenvalue weighted by atomic mass is 79.9. The Morgan fingerprint density at radius 2 is 1.84 bits per heavy atom. The predicted octanol–water partition coefficient (Wildman–Crippen LogP) is 3.89. The number of halogens is 1. The predicted molar refractivity (Wildman–Crippen MR) is 83.7 cm³/mol. The molecule has 0 amide bonds. The molecular formula is C16H24BrNO. The molecular weight excluding hydrogens is 302 g/mol. The fourth-order valence-electron chi connectivity index (χ4n) is 3.10. The topological polar surface area (TPSA) is 21.3 Å². The number of hydrogen-bond acceptors (Lipinski definition) is 2. The largest absolute Gasteiger partial charge is 0.383 e. The van der Waals surface area contributed by atoms with Crippen LogP contribution in [0.1, 0.15) is 37.7 Å². The standard InChI is InChI=1S/C16H24BrNO/c1-19-12-11-18-13-16(9-3-2-4-10-16)14-5-7-15(17)8-6-14/h5-8,18H,2-4,9-13H2,1H3. The molecule has 1 aromatic carbocycles. The lowest BCUT2D eigenvalue weighted by atomic mass is 9.69. The summed E-state index contributed by atoms with van der Waals surface area (Å²) in [4.78, 5) is 0. The van der Waals surface area contributed by atoms with Gasteiger partial charge in [0.2, 0.25) is 0 Å². The summed E-state index contributed by atoms with van der Waals surface area (Å²) in [6.07, 6.45) is 6.68. The Labute approximate surface area is 125 Å². The summed E-state index contributed by atoms with van der Waals surface area (Å²) in [6.45, 7) is 2.79. The number of ether oxygens (including phenoxy) is 1. The lowest BCUT2D eigenvalue weighted by Gasteiger charge is -2.38. The Bertz CT molecular complexity index is 371. The molecule has 3 heteroatoms. The second-order valence-corrected chi connectivity index (χ2v) is 6.43. The Morgan fingerprint density at radius 1 is 1.16 bits per heavy atom. The van der Waals surface area contributed by atoms with Crippen LogP contribution in [0.5, 0.6) is 0 Å². The van der Waals surface area contributed by atoms with Crippen molar-refractivity contribution in [3.8, 4) is 0 Å². The molecule has 1 saturated carbocycles. The van der Waals surface area contributed by atoms with Crippen LogP contribution in [0.15, 0.2) is 28.7 Å². The van der Waals surface area contributed by atoms with E-state index in [2.05, 4.69) is 45.5 Å². The molecule has 0 atom stereocenters. The zero-order valence-corrected chi connectivity index (χ0v) is 13.3. The van der Waals surface area contributed by atoms with Gasteiger partial charge in [-0.05, 0) is 30.5 Å². The molecule has 0 heterocycles. The fraction of sp³-hybridized carbons (Fsp3) is 0.625. The Hall–Kier alpha value is -0.380. The summed E-state index contributed by atoms with van der Waals surface area (Å²) in [5.74, 6) is 0. The molecule has 106 valence electrons. The minimum atomic E-state index is 0.326. The minimum Gasteiger partial charge on any atom is -0.383 e. The summed E-state index contributed by atoms with van der Waals surface area (Å²) in [6, 6.07) is 8.91. The van der Waals surface area contributed by atoms with Crippen LogP contribution in [-0.2, 0) is 10.2 Å². The molecule has 1 aliphatic carbocycles. The molecule has 19 heavy (non-hydrogen) atoms. The van der Waals surface area contributed by atoms with Crippen molar-refractivity contribution < 1.29 is 4.74 Å². The Morgan fingerprint density at radius 3 is 2.47 bits per heavy atom. The van der Waals surface area contributed by atoms with Crippen molar-refractivity contribution in [2.75, 3.05) is 26.8 Å². The maximum atomic E-state index is 5.12. The van der Waals surface area contributed by atoms with E-state index in [0.717, 1.165) is 24.2 Å². The van der Waals surface area contributed by atoms with E-state index >= 15 is 0 Å². The van der Waals surface area contributed by atoms with Gasteiger partial charge in [-0.15, -0.1) is 0 Å². The minimum absolute atomic E-state index is 0.326. The van der Waals surface area contributed by atoms with E-state index in [-0.39, 0.29) is 0 Å². The number of hydrogen-bond donors (Lipinski definition) is 1. The van der Waals surface area contributed by atoms with Gasteiger partial charge in [0.05, 0.1) is 6.61 Å². The average molecular weight is 326 g/mol. The zero-order valence-electron chi connectivity index (χ0n) is 11.8. The number of methoxy groups -OCH3 is 1. The first-order valence-corrected chi connectivity index (χ1v) is 8.02. The van der Waals surface area contributed by atoms with Gasteiger partial charge in [0.15, 0.2) is 0 Å². The van der Waals surface area contributed by atoms with Crippen molar-refractivity contribution in [1.29, 1.82) is 0 Å². The van der Waals surface area contributed by atoms with E-state index in [1.54, 1.807) is 7.11 Å². The lowest BCUT2D eigenvalue weighted by Crippen LogP contribution is -2.40. The molecule has 0 aliphatic heterocycles. The highest BCUT2D eigenvalue weighted by molar-refractivity contribution is 9.10. The smallest absolute Gasteiger partial charge is 0.0587 e. The van der Waals surface area contributed by atoms with Crippen molar-refractivity contribution in [2.24, 2.45) is 0 Å². The van der Waals surface area contributed by atoms with Gasteiger partial charge in [-0.2, -0.15) is 0 Å².